The lowest BCUT2D eigenvalue weighted by atomic mass is 10.1. The normalized spacial score (nSPS) is 12.3. The van der Waals surface area contributed by atoms with Gasteiger partial charge in [0.15, 0.2) is 0 Å². The highest BCUT2D eigenvalue weighted by atomic mass is 16.6. The van der Waals surface area contributed by atoms with Crippen molar-refractivity contribution >= 4 is 22.3 Å². The minimum absolute atomic E-state index is 0.0456. The van der Waals surface area contributed by atoms with Crippen LogP contribution in [0.25, 0.3) is 10.9 Å². The van der Waals surface area contributed by atoms with Crippen molar-refractivity contribution in [2.45, 2.75) is 32.7 Å². The number of anilines is 1. The van der Waals surface area contributed by atoms with Gasteiger partial charge in [0, 0.05) is 29.4 Å². The van der Waals surface area contributed by atoms with Crippen molar-refractivity contribution < 1.29 is 4.92 Å². The van der Waals surface area contributed by atoms with Gasteiger partial charge in [0.05, 0.1) is 4.92 Å². The van der Waals surface area contributed by atoms with E-state index in [0.29, 0.717) is 11.6 Å². The number of hydrogen-bond acceptors (Lipinski definition) is 4. The SMILES string of the molecule is CCCC(C)Nc1ccnc2c([N+](=O)[O-])cccc12. The van der Waals surface area contributed by atoms with Crippen molar-refractivity contribution in [3.05, 3.63) is 40.6 Å². The number of non-ortho nitro benzene ring substituents is 1. The molecule has 0 amide bonds. The lowest BCUT2D eigenvalue weighted by molar-refractivity contribution is -0.383. The van der Waals surface area contributed by atoms with Gasteiger partial charge < -0.3 is 5.32 Å². The third-order valence-electron chi connectivity index (χ3n) is 3.07. The Bertz CT molecular complexity index is 598. The maximum absolute atomic E-state index is 11.0. The fourth-order valence-electron chi connectivity index (χ4n) is 2.20. The number of rotatable bonds is 5. The number of nitro benzene ring substituents is 1. The standard InChI is InChI=1S/C14H17N3O2/c1-3-5-10(2)16-12-8-9-15-14-11(12)6-4-7-13(14)17(18)19/h4,6-10H,3,5H2,1-2H3,(H,15,16). The van der Waals surface area contributed by atoms with Gasteiger partial charge in [-0.05, 0) is 19.4 Å². The Labute approximate surface area is 111 Å². The number of pyridine rings is 1. The first-order valence-electron chi connectivity index (χ1n) is 6.42. The molecule has 100 valence electrons. The zero-order valence-electron chi connectivity index (χ0n) is 11.1. The topological polar surface area (TPSA) is 68.1 Å². The van der Waals surface area contributed by atoms with Gasteiger partial charge in [0.1, 0.15) is 5.52 Å². The number of nitrogens with one attached hydrogen (secondary N) is 1. The molecule has 5 heteroatoms. The van der Waals surface area contributed by atoms with Crippen LogP contribution in [-0.4, -0.2) is 15.9 Å². The van der Waals surface area contributed by atoms with Crippen molar-refractivity contribution in [1.82, 2.24) is 4.98 Å². The van der Waals surface area contributed by atoms with Crippen LogP contribution < -0.4 is 5.32 Å². The number of para-hydroxylation sites is 1. The highest BCUT2D eigenvalue weighted by Gasteiger charge is 2.14. The summed E-state index contributed by atoms with van der Waals surface area (Å²) in [6.07, 6.45) is 3.76. The average Bonchev–Trinajstić information content (AvgIpc) is 2.38. The number of nitrogens with zero attached hydrogens (tertiary/aromatic N) is 2. The summed E-state index contributed by atoms with van der Waals surface area (Å²) in [6, 6.07) is 7.22. The molecule has 0 fully saturated rings. The summed E-state index contributed by atoms with van der Waals surface area (Å²) in [5.74, 6) is 0. The highest BCUT2D eigenvalue weighted by Crippen LogP contribution is 2.29. The Kier molecular flexibility index (Phi) is 3.94. The Hall–Kier alpha value is -2.17. The molecule has 0 aliphatic carbocycles. The molecule has 0 radical (unpaired) electrons. The van der Waals surface area contributed by atoms with Crippen LogP contribution in [0.1, 0.15) is 26.7 Å². The summed E-state index contributed by atoms with van der Waals surface area (Å²) in [5.41, 5.74) is 1.38. The van der Waals surface area contributed by atoms with Crippen molar-refractivity contribution in [3.8, 4) is 0 Å². The van der Waals surface area contributed by atoms with Crippen molar-refractivity contribution in [3.63, 3.8) is 0 Å². The molecule has 1 aromatic carbocycles. The van der Waals surface area contributed by atoms with Gasteiger partial charge >= 0.3 is 0 Å². The number of fused-ring (bicyclic) bond motifs is 1. The lowest BCUT2D eigenvalue weighted by Crippen LogP contribution is -2.14. The molecule has 0 bridgehead atoms. The van der Waals surface area contributed by atoms with Gasteiger partial charge in [0.25, 0.3) is 5.69 Å². The molecule has 5 nitrogen and oxygen atoms in total. The van der Waals surface area contributed by atoms with Crippen molar-refractivity contribution in [1.29, 1.82) is 0 Å². The molecule has 0 spiro atoms. The van der Waals surface area contributed by atoms with E-state index in [0.717, 1.165) is 23.9 Å². The molecule has 2 rings (SSSR count). The first kappa shape index (κ1) is 13.3. The lowest BCUT2D eigenvalue weighted by Gasteiger charge is -2.15. The second-order valence-corrected chi connectivity index (χ2v) is 4.62. The highest BCUT2D eigenvalue weighted by molar-refractivity contribution is 5.96. The molecule has 0 saturated heterocycles. The Morgan fingerprint density at radius 1 is 1.42 bits per heavy atom. The van der Waals surface area contributed by atoms with E-state index in [1.165, 1.54) is 6.07 Å². The molecule has 2 aromatic rings. The van der Waals surface area contributed by atoms with Crippen molar-refractivity contribution in [2.75, 3.05) is 5.32 Å². The predicted octanol–water partition coefficient (Wildman–Crippen LogP) is 3.74. The van der Waals surface area contributed by atoms with E-state index in [1.54, 1.807) is 12.3 Å². The Balaban J connectivity index is 2.46. The van der Waals surface area contributed by atoms with Crippen LogP contribution in [0.5, 0.6) is 0 Å². The van der Waals surface area contributed by atoms with Gasteiger partial charge in [-0.25, -0.2) is 4.98 Å². The third-order valence-corrected chi connectivity index (χ3v) is 3.07. The maximum atomic E-state index is 11.0. The van der Waals surface area contributed by atoms with Crippen molar-refractivity contribution in [2.24, 2.45) is 0 Å². The molecule has 0 aliphatic rings. The zero-order chi connectivity index (χ0) is 13.8. The fraction of sp³-hybridized carbons (Fsp3) is 0.357. The first-order valence-corrected chi connectivity index (χ1v) is 6.42. The first-order chi connectivity index (χ1) is 9.13. The molecule has 19 heavy (non-hydrogen) atoms. The zero-order valence-corrected chi connectivity index (χ0v) is 11.1. The van der Waals surface area contributed by atoms with Gasteiger partial charge in [-0.15, -0.1) is 0 Å². The van der Waals surface area contributed by atoms with Gasteiger partial charge in [-0.3, -0.25) is 10.1 Å². The van der Waals surface area contributed by atoms with Crippen LogP contribution >= 0.6 is 0 Å². The molecular formula is C14H17N3O2. The summed E-state index contributed by atoms with van der Waals surface area (Å²) in [7, 11) is 0. The van der Waals surface area contributed by atoms with Gasteiger partial charge in [-0.2, -0.15) is 0 Å². The smallest absolute Gasteiger partial charge is 0.295 e. The summed E-state index contributed by atoms with van der Waals surface area (Å²) in [5, 5.41) is 15.2. The van der Waals surface area contributed by atoms with Gasteiger partial charge in [-0.1, -0.05) is 25.5 Å². The second-order valence-electron chi connectivity index (χ2n) is 4.62. The van der Waals surface area contributed by atoms with Crippen LogP contribution in [-0.2, 0) is 0 Å². The van der Waals surface area contributed by atoms with E-state index in [4.69, 9.17) is 0 Å². The van der Waals surface area contributed by atoms with E-state index >= 15 is 0 Å². The second kappa shape index (κ2) is 5.65. The molecule has 1 atom stereocenters. The quantitative estimate of drug-likeness (QED) is 0.656. The van der Waals surface area contributed by atoms with Crippen LogP contribution in [0.4, 0.5) is 11.4 Å². The van der Waals surface area contributed by atoms with Crippen LogP contribution in [0.2, 0.25) is 0 Å². The number of benzene rings is 1. The molecule has 1 aromatic heterocycles. The third kappa shape index (κ3) is 2.81. The molecule has 0 aliphatic heterocycles. The maximum Gasteiger partial charge on any atom is 0.295 e. The van der Waals surface area contributed by atoms with Crippen LogP contribution in [0.15, 0.2) is 30.5 Å². The molecule has 1 N–H and O–H groups in total. The summed E-state index contributed by atoms with van der Waals surface area (Å²) >= 11 is 0. The molecule has 1 heterocycles. The fourth-order valence-corrected chi connectivity index (χ4v) is 2.20. The van der Waals surface area contributed by atoms with Gasteiger partial charge in [0.2, 0.25) is 0 Å². The van der Waals surface area contributed by atoms with E-state index < -0.39 is 4.92 Å². The number of hydrogen-bond donors (Lipinski definition) is 1. The van der Waals surface area contributed by atoms with Crippen LogP contribution in [0, 0.1) is 10.1 Å². The largest absolute Gasteiger partial charge is 0.382 e. The minimum Gasteiger partial charge on any atom is -0.382 e. The summed E-state index contributed by atoms with van der Waals surface area (Å²) < 4.78 is 0. The van der Waals surface area contributed by atoms with E-state index in [2.05, 4.69) is 24.1 Å². The summed E-state index contributed by atoms with van der Waals surface area (Å²) in [4.78, 5) is 14.7. The number of nitro groups is 1. The Morgan fingerprint density at radius 3 is 2.89 bits per heavy atom. The van der Waals surface area contributed by atoms with E-state index in [9.17, 15) is 10.1 Å². The summed E-state index contributed by atoms with van der Waals surface area (Å²) in [6.45, 7) is 4.24. The van der Waals surface area contributed by atoms with E-state index in [1.807, 2.05) is 12.1 Å². The van der Waals surface area contributed by atoms with Crippen LogP contribution in [0.3, 0.4) is 0 Å². The Morgan fingerprint density at radius 2 is 2.21 bits per heavy atom. The average molecular weight is 259 g/mol. The van der Waals surface area contributed by atoms with E-state index in [-0.39, 0.29) is 5.69 Å². The monoisotopic (exact) mass is 259 g/mol. The molecule has 1 unspecified atom stereocenters. The predicted molar refractivity (Wildman–Crippen MR) is 76.4 cm³/mol. The molecule has 0 saturated carbocycles. The molecular weight excluding hydrogens is 242 g/mol. The minimum atomic E-state index is -0.394. The number of aromatic nitrogens is 1.